The fourth-order valence-electron chi connectivity index (χ4n) is 2.74. The van der Waals surface area contributed by atoms with Crippen LogP contribution in [-0.2, 0) is 6.42 Å². The Morgan fingerprint density at radius 2 is 1.91 bits per heavy atom. The van der Waals surface area contributed by atoms with Crippen molar-refractivity contribution in [3.63, 3.8) is 0 Å². The van der Waals surface area contributed by atoms with Gasteiger partial charge in [-0.2, -0.15) is 0 Å². The minimum atomic E-state index is 0.703. The van der Waals surface area contributed by atoms with Gasteiger partial charge in [0.1, 0.15) is 5.58 Å². The van der Waals surface area contributed by atoms with Gasteiger partial charge in [-0.1, -0.05) is 25.1 Å². The quantitative estimate of drug-likeness (QED) is 0.526. The fraction of sp³-hybridized carbons (Fsp3) is 0.158. The van der Waals surface area contributed by atoms with Crippen molar-refractivity contribution in [3.05, 3.63) is 59.9 Å². The Morgan fingerprint density at radius 3 is 2.68 bits per heavy atom. The molecule has 0 saturated heterocycles. The first kappa shape index (κ1) is 13.0. The zero-order valence-corrected chi connectivity index (χ0v) is 12.6. The number of fused-ring (bicyclic) bond motifs is 3. The predicted octanol–water partition coefficient (Wildman–Crippen LogP) is 4.91. The lowest BCUT2D eigenvalue weighted by Crippen LogP contribution is -1.84. The standard InChI is InChI=1S/C19H16N2O/c1-3-13-8-9-15-14-5-4-6-16(18(14)22-19(15)21-13)17-10-7-12(2)11-20-17/h4-11H,3H2,1-2H3. The van der Waals surface area contributed by atoms with E-state index in [1.807, 2.05) is 31.3 Å². The summed E-state index contributed by atoms with van der Waals surface area (Å²) in [6.45, 7) is 4.13. The molecule has 0 N–H and O–H groups in total. The summed E-state index contributed by atoms with van der Waals surface area (Å²) in [7, 11) is 0. The van der Waals surface area contributed by atoms with Crippen LogP contribution in [0.2, 0.25) is 0 Å². The largest absolute Gasteiger partial charge is 0.437 e. The summed E-state index contributed by atoms with van der Waals surface area (Å²) in [5, 5.41) is 2.14. The third-order valence-corrected chi connectivity index (χ3v) is 3.97. The molecule has 0 bridgehead atoms. The number of rotatable bonds is 2. The van der Waals surface area contributed by atoms with Gasteiger partial charge in [0.2, 0.25) is 5.71 Å². The molecule has 108 valence electrons. The summed E-state index contributed by atoms with van der Waals surface area (Å²) in [6.07, 6.45) is 2.78. The summed E-state index contributed by atoms with van der Waals surface area (Å²) in [6, 6.07) is 14.4. The molecular formula is C19H16N2O. The number of pyridine rings is 2. The van der Waals surface area contributed by atoms with Crippen molar-refractivity contribution in [1.29, 1.82) is 0 Å². The lowest BCUT2D eigenvalue weighted by atomic mass is 10.1. The zero-order valence-electron chi connectivity index (χ0n) is 12.6. The van der Waals surface area contributed by atoms with Crippen molar-refractivity contribution >= 4 is 22.1 Å². The van der Waals surface area contributed by atoms with Gasteiger partial charge in [-0.15, -0.1) is 0 Å². The molecule has 0 aliphatic carbocycles. The van der Waals surface area contributed by atoms with E-state index in [-0.39, 0.29) is 0 Å². The Hall–Kier alpha value is -2.68. The van der Waals surface area contributed by atoms with Crippen LogP contribution in [0.5, 0.6) is 0 Å². The number of benzene rings is 1. The molecule has 1 aromatic carbocycles. The lowest BCUT2D eigenvalue weighted by Gasteiger charge is -2.01. The maximum Gasteiger partial charge on any atom is 0.227 e. The molecule has 0 aliphatic rings. The van der Waals surface area contributed by atoms with Crippen LogP contribution in [0, 0.1) is 6.92 Å². The van der Waals surface area contributed by atoms with Gasteiger partial charge in [-0.3, -0.25) is 4.98 Å². The van der Waals surface area contributed by atoms with E-state index in [4.69, 9.17) is 4.42 Å². The van der Waals surface area contributed by atoms with E-state index in [1.165, 1.54) is 0 Å². The Balaban J connectivity index is 2.01. The van der Waals surface area contributed by atoms with E-state index in [2.05, 4.69) is 41.2 Å². The average Bonchev–Trinajstić information content (AvgIpc) is 2.93. The number of hydrogen-bond donors (Lipinski definition) is 0. The van der Waals surface area contributed by atoms with E-state index in [0.29, 0.717) is 5.71 Å². The van der Waals surface area contributed by atoms with E-state index in [1.54, 1.807) is 0 Å². The van der Waals surface area contributed by atoms with E-state index < -0.39 is 0 Å². The van der Waals surface area contributed by atoms with Gasteiger partial charge >= 0.3 is 0 Å². The van der Waals surface area contributed by atoms with Gasteiger partial charge in [0, 0.05) is 28.2 Å². The Kier molecular flexibility index (Phi) is 2.93. The van der Waals surface area contributed by atoms with Crippen LogP contribution in [0.15, 0.2) is 53.1 Å². The molecule has 0 spiro atoms. The number of nitrogens with zero attached hydrogens (tertiary/aromatic N) is 2. The first-order chi connectivity index (χ1) is 10.8. The van der Waals surface area contributed by atoms with Gasteiger partial charge in [0.15, 0.2) is 0 Å². The first-order valence-corrected chi connectivity index (χ1v) is 7.50. The second-order valence-electron chi connectivity index (χ2n) is 5.51. The van der Waals surface area contributed by atoms with Gasteiger partial charge in [-0.05, 0) is 43.2 Å². The summed E-state index contributed by atoms with van der Waals surface area (Å²) >= 11 is 0. The molecule has 0 unspecified atom stereocenters. The topological polar surface area (TPSA) is 38.9 Å². The third-order valence-electron chi connectivity index (χ3n) is 3.97. The Morgan fingerprint density at radius 1 is 1.00 bits per heavy atom. The highest BCUT2D eigenvalue weighted by Gasteiger charge is 2.13. The van der Waals surface area contributed by atoms with Gasteiger partial charge in [0.25, 0.3) is 0 Å². The number of hydrogen-bond acceptors (Lipinski definition) is 3. The molecule has 0 amide bonds. The molecule has 0 saturated carbocycles. The summed E-state index contributed by atoms with van der Waals surface area (Å²) in [5.41, 5.74) is 5.68. The fourth-order valence-corrected chi connectivity index (χ4v) is 2.74. The summed E-state index contributed by atoms with van der Waals surface area (Å²) < 4.78 is 6.06. The molecule has 0 radical (unpaired) electrons. The smallest absolute Gasteiger partial charge is 0.227 e. The highest BCUT2D eigenvalue weighted by Crippen LogP contribution is 2.34. The SMILES string of the molecule is CCc1ccc2c(n1)oc1c(-c3ccc(C)cn3)cccc12. The van der Waals surface area contributed by atoms with E-state index in [9.17, 15) is 0 Å². The van der Waals surface area contributed by atoms with E-state index in [0.717, 1.165) is 45.3 Å². The van der Waals surface area contributed by atoms with Gasteiger partial charge < -0.3 is 4.42 Å². The van der Waals surface area contributed by atoms with Gasteiger partial charge in [0.05, 0.1) is 5.69 Å². The minimum absolute atomic E-state index is 0.703. The summed E-state index contributed by atoms with van der Waals surface area (Å²) in [4.78, 5) is 9.11. The van der Waals surface area contributed by atoms with Crippen molar-refractivity contribution in [1.82, 2.24) is 9.97 Å². The Labute approximate surface area is 128 Å². The van der Waals surface area contributed by atoms with Crippen LogP contribution in [0.1, 0.15) is 18.2 Å². The maximum absolute atomic E-state index is 6.06. The molecule has 3 aromatic heterocycles. The van der Waals surface area contributed by atoms with Crippen LogP contribution in [0.3, 0.4) is 0 Å². The molecule has 0 aliphatic heterocycles. The normalized spacial score (nSPS) is 11.4. The molecule has 22 heavy (non-hydrogen) atoms. The number of para-hydroxylation sites is 1. The van der Waals surface area contributed by atoms with Crippen LogP contribution < -0.4 is 0 Å². The number of aromatic nitrogens is 2. The van der Waals surface area contributed by atoms with Crippen LogP contribution in [0.25, 0.3) is 33.3 Å². The predicted molar refractivity (Wildman–Crippen MR) is 88.9 cm³/mol. The highest BCUT2D eigenvalue weighted by atomic mass is 16.3. The van der Waals surface area contributed by atoms with Crippen molar-refractivity contribution in [3.8, 4) is 11.3 Å². The second-order valence-corrected chi connectivity index (χ2v) is 5.51. The van der Waals surface area contributed by atoms with Crippen LogP contribution in [-0.4, -0.2) is 9.97 Å². The zero-order chi connectivity index (χ0) is 15.1. The monoisotopic (exact) mass is 288 g/mol. The first-order valence-electron chi connectivity index (χ1n) is 7.50. The van der Waals surface area contributed by atoms with Crippen LogP contribution in [0.4, 0.5) is 0 Å². The molecule has 4 rings (SSSR count). The molecule has 4 aromatic rings. The molecule has 3 heteroatoms. The lowest BCUT2D eigenvalue weighted by molar-refractivity contribution is 0.652. The molecule has 0 atom stereocenters. The van der Waals surface area contributed by atoms with Crippen molar-refractivity contribution in [2.45, 2.75) is 20.3 Å². The van der Waals surface area contributed by atoms with Gasteiger partial charge in [-0.25, -0.2) is 4.98 Å². The number of aryl methyl sites for hydroxylation is 2. The van der Waals surface area contributed by atoms with Crippen molar-refractivity contribution in [2.75, 3.05) is 0 Å². The minimum Gasteiger partial charge on any atom is -0.437 e. The molecular weight excluding hydrogens is 272 g/mol. The molecule has 3 nitrogen and oxygen atoms in total. The summed E-state index contributed by atoms with van der Waals surface area (Å²) in [5.74, 6) is 0. The molecule has 3 heterocycles. The molecule has 0 fully saturated rings. The second kappa shape index (κ2) is 4.95. The van der Waals surface area contributed by atoms with Crippen molar-refractivity contribution in [2.24, 2.45) is 0 Å². The Bertz CT molecular complexity index is 968. The third kappa shape index (κ3) is 1.98. The van der Waals surface area contributed by atoms with Crippen LogP contribution >= 0.6 is 0 Å². The average molecular weight is 288 g/mol. The maximum atomic E-state index is 6.06. The van der Waals surface area contributed by atoms with E-state index >= 15 is 0 Å². The van der Waals surface area contributed by atoms with Crippen molar-refractivity contribution < 1.29 is 4.42 Å². The number of furan rings is 1. The highest BCUT2D eigenvalue weighted by molar-refractivity contribution is 6.08.